The molecule has 154 valence electrons. The highest BCUT2D eigenvalue weighted by atomic mass is 127. The topological polar surface area (TPSA) is 64.1 Å². The van der Waals surface area contributed by atoms with Crippen molar-refractivity contribution in [3.05, 3.63) is 23.8 Å². The third-order valence-electron chi connectivity index (χ3n) is 4.71. The van der Waals surface area contributed by atoms with E-state index in [1.807, 2.05) is 18.2 Å². The van der Waals surface area contributed by atoms with E-state index in [0.29, 0.717) is 19.3 Å². The van der Waals surface area contributed by atoms with Crippen LogP contribution in [-0.4, -0.2) is 46.5 Å². The number of nitrogens with one attached hydrogen (secondary N) is 2. The van der Waals surface area contributed by atoms with Crippen LogP contribution in [0.3, 0.4) is 0 Å². The fourth-order valence-electron chi connectivity index (χ4n) is 3.20. The highest BCUT2D eigenvalue weighted by molar-refractivity contribution is 14.0. The molecule has 0 amide bonds. The largest absolute Gasteiger partial charge is 0.497 e. The van der Waals surface area contributed by atoms with Gasteiger partial charge in [-0.2, -0.15) is 0 Å². The van der Waals surface area contributed by atoms with E-state index in [-0.39, 0.29) is 24.0 Å². The van der Waals surface area contributed by atoms with E-state index >= 15 is 0 Å². The maximum Gasteiger partial charge on any atom is 0.191 e. The van der Waals surface area contributed by atoms with Crippen molar-refractivity contribution in [1.82, 2.24) is 10.6 Å². The molecule has 0 unspecified atom stereocenters. The molecule has 0 aromatic heterocycles. The van der Waals surface area contributed by atoms with Gasteiger partial charge in [-0.25, -0.2) is 0 Å². The maximum absolute atomic E-state index is 6.00. The van der Waals surface area contributed by atoms with Crippen molar-refractivity contribution in [1.29, 1.82) is 0 Å². The molecule has 6 nitrogen and oxygen atoms in total. The minimum atomic E-state index is 0. The normalized spacial score (nSPS) is 15.4. The molecule has 1 aromatic rings. The van der Waals surface area contributed by atoms with E-state index in [1.165, 1.54) is 38.5 Å². The van der Waals surface area contributed by atoms with Crippen LogP contribution in [0.15, 0.2) is 23.2 Å². The van der Waals surface area contributed by atoms with Crippen LogP contribution in [0.2, 0.25) is 0 Å². The van der Waals surface area contributed by atoms with Crippen molar-refractivity contribution >= 4 is 29.9 Å². The molecule has 0 bridgehead atoms. The molecule has 0 aliphatic heterocycles. The standard InChI is InChI=1S/C20H33N3O3.HI/c1-21-20(22-12-13-26-17-8-6-4-5-7-9-17)23-15-16-10-11-18(24-2)14-19(16)25-3;/h10-11,14,17H,4-9,12-13,15H2,1-3H3,(H2,21,22,23);1H. The van der Waals surface area contributed by atoms with Crippen LogP contribution < -0.4 is 20.1 Å². The Morgan fingerprint density at radius 3 is 2.44 bits per heavy atom. The van der Waals surface area contributed by atoms with Crippen molar-refractivity contribution in [2.45, 2.75) is 51.2 Å². The molecule has 0 spiro atoms. The third kappa shape index (κ3) is 8.55. The van der Waals surface area contributed by atoms with E-state index in [1.54, 1.807) is 21.3 Å². The fourth-order valence-corrected chi connectivity index (χ4v) is 3.20. The zero-order chi connectivity index (χ0) is 18.6. The van der Waals surface area contributed by atoms with Gasteiger partial charge in [0.15, 0.2) is 5.96 Å². The van der Waals surface area contributed by atoms with Crippen molar-refractivity contribution in [2.75, 3.05) is 34.4 Å². The van der Waals surface area contributed by atoms with E-state index in [0.717, 1.165) is 29.6 Å². The number of rotatable bonds is 8. The lowest BCUT2D eigenvalue weighted by Crippen LogP contribution is -2.39. The predicted octanol–water partition coefficient (Wildman–Crippen LogP) is 3.73. The van der Waals surface area contributed by atoms with Gasteiger partial charge in [0, 0.05) is 31.8 Å². The predicted molar refractivity (Wildman–Crippen MR) is 121 cm³/mol. The first-order chi connectivity index (χ1) is 12.8. The summed E-state index contributed by atoms with van der Waals surface area (Å²) in [5.74, 6) is 2.33. The Labute approximate surface area is 180 Å². The highest BCUT2D eigenvalue weighted by Crippen LogP contribution is 2.24. The smallest absolute Gasteiger partial charge is 0.191 e. The first-order valence-corrected chi connectivity index (χ1v) is 9.54. The van der Waals surface area contributed by atoms with Gasteiger partial charge in [0.25, 0.3) is 0 Å². The van der Waals surface area contributed by atoms with Crippen LogP contribution in [-0.2, 0) is 11.3 Å². The van der Waals surface area contributed by atoms with Gasteiger partial charge in [0.05, 0.1) is 26.9 Å². The highest BCUT2D eigenvalue weighted by Gasteiger charge is 2.12. The van der Waals surface area contributed by atoms with Crippen molar-refractivity contribution in [2.24, 2.45) is 4.99 Å². The van der Waals surface area contributed by atoms with Gasteiger partial charge in [0.1, 0.15) is 11.5 Å². The molecule has 7 heteroatoms. The van der Waals surface area contributed by atoms with Gasteiger partial charge in [-0.1, -0.05) is 25.7 Å². The summed E-state index contributed by atoms with van der Waals surface area (Å²) in [7, 11) is 5.08. The second kappa shape index (κ2) is 13.9. The SMILES string of the molecule is CN=C(NCCOC1CCCCCC1)NCc1ccc(OC)cc1OC.I. The third-order valence-corrected chi connectivity index (χ3v) is 4.71. The molecule has 0 atom stereocenters. The molecule has 1 saturated carbocycles. The number of halogens is 1. The first-order valence-electron chi connectivity index (χ1n) is 9.54. The van der Waals surface area contributed by atoms with Gasteiger partial charge in [0.2, 0.25) is 0 Å². The quantitative estimate of drug-likeness (QED) is 0.191. The molecule has 1 aliphatic rings. The molecular weight excluding hydrogens is 457 g/mol. The van der Waals surface area contributed by atoms with Crippen molar-refractivity contribution < 1.29 is 14.2 Å². The van der Waals surface area contributed by atoms with Crippen LogP contribution in [0.5, 0.6) is 11.5 Å². The summed E-state index contributed by atoms with van der Waals surface area (Å²) in [5.41, 5.74) is 1.05. The lowest BCUT2D eigenvalue weighted by atomic mass is 10.1. The molecular formula is C20H34IN3O3. The van der Waals surface area contributed by atoms with Crippen LogP contribution in [0.4, 0.5) is 0 Å². The maximum atomic E-state index is 6.00. The Kier molecular flexibility index (Phi) is 12.2. The van der Waals surface area contributed by atoms with Gasteiger partial charge in [-0.3, -0.25) is 4.99 Å². The Hall–Kier alpha value is -1.22. The molecule has 2 N–H and O–H groups in total. The fraction of sp³-hybridized carbons (Fsp3) is 0.650. The lowest BCUT2D eigenvalue weighted by Gasteiger charge is -2.17. The van der Waals surface area contributed by atoms with E-state index in [9.17, 15) is 0 Å². The van der Waals surface area contributed by atoms with Crippen LogP contribution in [0, 0.1) is 0 Å². The molecule has 0 heterocycles. The van der Waals surface area contributed by atoms with Crippen LogP contribution in [0.25, 0.3) is 0 Å². The number of hydrogen-bond acceptors (Lipinski definition) is 4. The number of guanidine groups is 1. The minimum absolute atomic E-state index is 0. The summed E-state index contributed by atoms with van der Waals surface area (Å²) in [6.07, 6.45) is 8.12. The number of aliphatic imine (C=N–C) groups is 1. The van der Waals surface area contributed by atoms with Crippen molar-refractivity contribution in [3.63, 3.8) is 0 Å². The van der Waals surface area contributed by atoms with Crippen molar-refractivity contribution in [3.8, 4) is 11.5 Å². The number of methoxy groups -OCH3 is 2. The first kappa shape index (κ1) is 23.8. The minimum Gasteiger partial charge on any atom is -0.497 e. The van der Waals surface area contributed by atoms with Gasteiger partial charge < -0.3 is 24.8 Å². The summed E-state index contributed by atoms with van der Waals surface area (Å²) in [6.45, 7) is 2.07. The second-order valence-electron chi connectivity index (χ2n) is 6.51. The van der Waals surface area contributed by atoms with Gasteiger partial charge in [-0.05, 0) is 25.0 Å². The Balaban J connectivity index is 0.00000364. The molecule has 27 heavy (non-hydrogen) atoms. The monoisotopic (exact) mass is 491 g/mol. The summed E-state index contributed by atoms with van der Waals surface area (Å²) < 4.78 is 16.7. The van der Waals surface area contributed by atoms with Crippen LogP contribution >= 0.6 is 24.0 Å². The van der Waals surface area contributed by atoms with E-state index < -0.39 is 0 Å². The van der Waals surface area contributed by atoms with E-state index in [2.05, 4.69) is 15.6 Å². The summed E-state index contributed by atoms with van der Waals surface area (Å²) >= 11 is 0. The average molecular weight is 491 g/mol. The molecule has 0 radical (unpaired) electrons. The zero-order valence-corrected chi connectivity index (χ0v) is 19.1. The Morgan fingerprint density at radius 2 is 1.81 bits per heavy atom. The number of ether oxygens (including phenoxy) is 3. The molecule has 1 aliphatic carbocycles. The number of benzene rings is 1. The molecule has 2 rings (SSSR count). The van der Waals surface area contributed by atoms with Gasteiger partial charge in [-0.15, -0.1) is 24.0 Å². The summed E-state index contributed by atoms with van der Waals surface area (Å²) in [5, 5.41) is 6.61. The molecule has 1 fully saturated rings. The lowest BCUT2D eigenvalue weighted by molar-refractivity contribution is 0.0468. The molecule has 1 aromatic carbocycles. The Bertz CT molecular complexity index is 561. The number of hydrogen-bond donors (Lipinski definition) is 2. The van der Waals surface area contributed by atoms with Crippen LogP contribution in [0.1, 0.15) is 44.1 Å². The van der Waals surface area contributed by atoms with Gasteiger partial charge >= 0.3 is 0 Å². The summed E-state index contributed by atoms with van der Waals surface area (Å²) in [4.78, 5) is 4.27. The van der Waals surface area contributed by atoms with E-state index in [4.69, 9.17) is 14.2 Å². The Morgan fingerprint density at radius 1 is 1.07 bits per heavy atom. The second-order valence-corrected chi connectivity index (χ2v) is 6.51. The molecule has 0 saturated heterocycles. The number of nitrogens with zero attached hydrogens (tertiary/aromatic N) is 1. The summed E-state index contributed by atoms with van der Waals surface area (Å²) in [6, 6.07) is 5.80. The zero-order valence-electron chi connectivity index (χ0n) is 16.8. The average Bonchev–Trinajstić information content (AvgIpc) is 2.96.